The van der Waals surface area contributed by atoms with Gasteiger partial charge in [0.1, 0.15) is 12.0 Å². The summed E-state index contributed by atoms with van der Waals surface area (Å²) in [6, 6.07) is 29.0. The normalized spacial score (nSPS) is 11.0. The Balaban J connectivity index is 1.58. The average molecular weight is 406 g/mol. The van der Waals surface area contributed by atoms with Crippen molar-refractivity contribution in [2.45, 2.75) is 6.92 Å². The van der Waals surface area contributed by atoms with Crippen molar-refractivity contribution >= 4 is 50.2 Å². The number of nitrogens with zero attached hydrogens (tertiary/aromatic N) is 3. The highest BCUT2D eigenvalue weighted by atomic mass is 15.2. The first kappa shape index (κ1) is 18.9. The summed E-state index contributed by atoms with van der Waals surface area (Å²) in [6.45, 7) is 2.82. The molecule has 0 aliphatic carbocycles. The molecule has 0 amide bonds. The molecule has 5 rings (SSSR count). The van der Waals surface area contributed by atoms with Gasteiger partial charge >= 0.3 is 0 Å². The van der Waals surface area contributed by atoms with E-state index < -0.39 is 0 Å². The smallest absolute Gasteiger partial charge is 0.161 e. The van der Waals surface area contributed by atoms with E-state index in [0.29, 0.717) is 17.3 Å². The minimum absolute atomic E-state index is 0.519. The van der Waals surface area contributed by atoms with Crippen molar-refractivity contribution in [2.75, 3.05) is 22.5 Å². The predicted molar refractivity (Wildman–Crippen MR) is 130 cm³/mol. The number of rotatable bonds is 5. The van der Waals surface area contributed by atoms with Crippen LogP contribution < -0.4 is 16.0 Å². The summed E-state index contributed by atoms with van der Waals surface area (Å²) in [4.78, 5) is 11.1. The molecule has 1 aromatic heterocycles. The third-order valence-corrected chi connectivity index (χ3v) is 5.53. The van der Waals surface area contributed by atoms with Crippen molar-refractivity contribution in [3.05, 3.63) is 91.3 Å². The Morgan fingerprint density at radius 2 is 1.42 bits per heavy atom. The molecule has 0 aliphatic heterocycles. The maximum Gasteiger partial charge on any atom is 0.161 e. The zero-order valence-electron chi connectivity index (χ0n) is 17.3. The lowest BCUT2D eigenvalue weighted by Crippen LogP contribution is -2.20. The standard InChI is InChI=1S/C26H23N5/c1-2-31(23-16-8-12-19-10-4-6-14-21(19)23)26-24(27)25(28-17-29-26)30-22-15-7-11-18-9-3-5-13-20(18)22/h3-17H,2,27H2,1H3,(H,28,29,30). The molecule has 152 valence electrons. The minimum atomic E-state index is 0.519. The second-order valence-electron chi connectivity index (χ2n) is 7.35. The first-order valence-corrected chi connectivity index (χ1v) is 10.4. The second kappa shape index (κ2) is 7.95. The molecular weight excluding hydrogens is 382 g/mol. The molecule has 0 bridgehead atoms. The fourth-order valence-corrected chi connectivity index (χ4v) is 4.04. The summed E-state index contributed by atoms with van der Waals surface area (Å²) < 4.78 is 0. The van der Waals surface area contributed by atoms with Crippen LogP contribution in [0.3, 0.4) is 0 Å². The second-order valence-corrected chi connectivity index (χ2v) is 7.35. The highest BCUT2D eigenvalue weighted by molar-refractivity contribution is 5.99. The molecule has 0 saturated heterocycles. The molecule has 5 nitrogen and oxygen atoms in total. The van der Waals surface area contributed by atoms with Gasteiger partial charge in [-0.1, -0.05) is 72.8 Å². The van der Waals surface area contributed by atoms with Gasteiger partial charge in [-0.05, 0) is 29.8 Å². The molecular formula is C26H23N5. The number of anilines is 5. The fraction of sp³-hybridized carbons (Fsp3) is 0.0769. The monoisotopic (exact) mass is 405 g/mol. The van der Waals surface area contributed by atoms with Crippen LogP contribution in [0.1, 0.15) is 6.92 Å². The minimum Gasteiger partial charge on any atom is -0.393 e. The molecule has 4 aromatic carbocycles. The number of nitrogen functional groups attached to an aromatic ring is 1. The van der Waals surface area contributed by atoms with Crippen molar-refractivity contribution in [1.29, 1.82) is 0 Å². The van der Waals surface area contributed by atoms with E-state index in [1.54, 1.807) is 6.33 Å². The van der Waals surface area contributed by atoms with E-state index in [0.717, 1.165) is 34.1 Å². The van der Waals surface area contributed by atoms with Crippen LogP contribution >= 0.6 is 0 Å². The number of fused-ring (bicyclic) bond motifs is 2. The Labute approximate surface area is 181 Å². The third kappa shape index (κ3) is 3.40. The lowest BCUT2D eigenvalue weighted by molar-refractivity contribution is 0.985. The number of nitrogens with one attached hydrogen (secondary N) is 1. The number of benzene rings is 4. The van der Waals surface area contributed by atoms with Gasteiger partial charge in [0.2, 0.25) is 0 Å². The fourth-order valence-electron chi connectivity index (χ4n) is 4.04. The van der Waals surface area contributed by atoms with Gasteiger partial charge in [-0.25, -0.2) is 9.97 Å². The molecule has 0 spiro atoms. The van der Waals surface area contributed by atoms with Crippen LogP contribution in [0.25, 0.3) is 21.5 Å². The molecule has 0 aliphatic rings. The largest absolute Gasteiger partial charge is 0.393 e. The Morgan fingerprint density at radius 1 is 0.774 bits per heavy atom. The van der Waals surface area contributed by atoms with Crippen molar-refractivity contribution < 1.29 is 0 Å². The first-order chi connectivity index (χ1) is 15.3. The lowest BCUT2D eigenvalue weighted by Gasteiger charge is -2.25. The average Bonchev–Trinajstić information content (AvgIpc) is 2.82. The number of aromatic nitrogens is 2. The van der Waals surface area contributed by atoms with Crippen LogP contribution in [0.5, 0.6) is 0 Å². The molecule has 0 radical (unpaired) electrons. The third-order valence-electron chi connectivity index (χ3n) is 5.53. The van der Waals surface area contributed by atoms with Gasteiger partial charge < -0.3 is 16.0 Å². The summed E-state index contributed by atoms with van der Waals surface area (Å²) in [5, 5.41) is 8.04. The van der Waals surface area contributed by atoms with Crippen molar-refractivity contribution in [3.63, 3.8) is 0 Å². The molecule has 31 heavy (non-hydrogen) atoms. The first-order valence-electron chi connectivity index (χ1n) is 10.4. The summed E-state index contributed by atoms with van der Waals surface area (Å²) in [7, 11) is 0. The zero-order valence-corrected chi connectivity index (χ0v) is 17.3. The molecule has 5 aromatic rings. The topological polar surface area (TPSA) is 67.1 Å². The maximum atomic E-state index is 6.60. The Morgan fingerprint density at radius 3 is 2.19 bits per heavy atom. The quantitative estimate of drug-likeness (QED) is 0.361. The van der Waals surface area contributed by atoms with Gasteiger partial charge in [0.25, 0.3) is 0 Å². The maximum absolute atomic E-state index is 6.60. The molecule has 0 fully saturated rings. The van der Waals surface area contributed by atoms with E-state index in [2.05, 4.69) is 81.7 Å². The Bertz CT molecular complexity index is 1370. The highest BCUT2D eigenvalue weighted by Gasteiger charge is 2.18. The number of hydrogen-bond acceptors (Lipinski definition) is 5. The van der Waals surface area contributed by atoms with E-state index in [9.17, 15) is 0 Å². The zero-order chi connectivity index (χ0) is 21.2. The molecule has 1 heterocycles. The summed E-state index contributed by atoms with van der Waals surface area (Å²) in [5.74, 6) is 1.29. The van der Waals surface area contributed by atoms with E-state index in [-0.39, 0.29) is 0 Å². The lowest BCUT2D eigenvalue weighted by atomic mass is 10.1. The number of nitrogens with two attached hydrogens (primary N) is 1. The Hall–Kier alpha value is -4.12. The van der Waals surface area contributed by atoms with E-state index in [4.69, 9.17) is 5.73 Å². The predicted octanol–water partition coefficient (Wildman–Crippen LogP) is 6.27. The van der Waals surface area contributed by atoms with E-state index in [1.807, 2.05) is 30.3 Å². The van der Waals surface area contributed by atoms with Gasteiger partial charge in [0.15, 0.2) is 11.6 Å². The van der Waals surface area contributed by atoms with Crippen LogP contribution in [-0.4, -0.2) is 16.5 Å². The molecule has 3 N–H and O–H groups in total. The van der Waals surface area contributed by atoms with Crippen LogP contribution in [0.2, 0.25) is 0 Å². The van der Waals surface area contributed by atoms with Crippen LogP contribution in [0.4, 0.5) is 28.7 Å². The summed E-state index contributed by atoms with van der Waals surface area (Å²) in [6.07, 6.45) is 1.56. The van der Waals surface area contributed by atoms with Crippen molar-refractivity contribution in [1.82, 2.24) is 9.97 Å². The Kier molecular flexibility index (Phi) is 4.84. The van der Waals surface area contributed by atoms with Crippen LogP contribution in [0, 0.1) is 0 Å². The van der Waals surface area contributed by atoms with Crippen LogP contribution in [-0.2, 0) is 0 Å². The van der Waals surface area contributed by atoms with Gasteiger partial charge in [0.05, 0.1) is 5.69 Å². The molecule has 0 saturated carbocycles. The van der Waals surface area contributed by atoms with E-state index >= 15 is 0 Å². The molecule has 0 unspecified atom stereocenters. The summed E-state index contributed by atoms with van der Waals surface area (Å²) in [5.41, 5.74) is 9.15. The molecule has 5 heteroatoms. The molecule has 0 atom stereocenters. The summed E-state index contributed by atoms with van der Waals surface area (Å²) >= 11 is 0. The van der Waals surface area contributed by atoms with Gasteiger partial charge in [-0.15, -0.1) is 0 Å². The van der Waals surface area contributed by atoms with Gasteiger partial charge in [0, 0.05) is 23.0 Å². The highest BCUT2D eigenvalue weighted by Crippen LogP contribution is 2.37. The van der Waals surface area contributed by atoms with Crippen molar-refractivity contribution in [3.8, 4) is 0 Å². The van der Waals surface area contributed by atoms with E-state index in [1.165, 1.54) is 5.39 Å². The van der Waals surface area contributed by atoms with Crippen LogP contribution in [0.15, 0.2) is 91.3 Å². The van der Waals surface area contributed by atoms with Crippen molar-refractivity contribution in [2.24, 2.45) is 0 Å². The van der Waals surface area contributed by atoms with Gasteiger partial charge in [-0.2, -0.15) is 0 Å². The SMILES string of the molecule is CCN(c1ncnc(Nc2cccc3ccccc23)c1N)c1cccc2ccccc12. The van der Waals surface area contributed by atoms with Gasteiger partial charge in [-0.3, -0.25) is 0 Å². The number of hydrogen-bond donors (Lipinski definition) is 2.